The van der Waals surface area contributed by atoms with Gasteiger partial charge in [0.05, 0.1) is 7.11 Å². The summed E-state index contributed by atoms with van der Waals surface area (Å²) in [4.78, 5) is 47.5. The second-order valence-electron chi connectivity index (χ2n) is 7.21. The van der Waals surface area contributed by atoms with E-state index >= 15 is 0 Å². The molecule has 0 bridgehead atoms. The smallest absolute Gasteiger partial charge is 0.328 e. The predicted molar refractivity (Wildman–Crippen MR) is 113 cm³/mol. The van der Waals surface area contributed by atoms with Crippen molar-refractivity contribution in [2.75, 3.05) is 13.5 Å². The molecule has 0 aromatic heterocycles. The maximum atomic E-state index is 12.7. The molecule has 1 unspecified atom stereocenters. The van der Waals surface area contributed by atoms with Crippen molar-refractivity contribution in [2.24, 2.45) is 0 Å². The molecule has 1 aromatic rings. The number of nitrogens with one attached hydrogen (secondary N) is 1. The molecule has 0 saturated heterocycles. The summed E-state index contributed by atoms with van der Waals surface area (Å²) in [5.74, 6) is -1.92. The SMILES string of the molecule is CCl.COC(=O)C(Cc1ccc(OC(C)=O)c(OC(C)=O)c1)NC(=O)C1([NH3+])CCCC1. The Morgan fingerprint density at radius 1 is 1.06 bits per heavy atom. The van der Waals surface area contributed by atoms with Crippen LogP contribution in [0.25, 0.3) is 0 Å². The van der Waals surface area contributed by atoms with E-state index in [1.54, 1.807) is 6.07 Å². The maximum Gasteiger partial charge on any atom is 0.328 e. The Bertz CT molecular complexity index is 807. The lowest BCUT2D eigenvalue weighted by Gasteiger charge is -2.23. The first-order valence-electron chi connectivity index (χ1n) is 9.76. The predicted octanol–water partition coefficient (Wildman–Crippen LogP) is 1.15. The Balaban J connectivity index is 0.00000233. The van der Waals surface area contributed by atoms with Crippen molar-refractivity contribution in [2.45, 2.75) is 57.5 Å². The van der Waals surface area contributed by atoms with Gasteiger partial charge in [-0.25, -0.2) is 4.79 Å². The van der Waals surface area contributed by atoms with Crippen molar-refractivity contribution < 1.29 is 39.1 Å². The van der Waals surface area contributed by atoms with Gasteiger partial charge in [0.2, 0.25) is 0 Å². The van der Waals surface area contributed by atoms with Gasteiger partial charge in [-0.05, 0) is 30.5 Å². The number of hydrogen-bond donors (Lipinski definition) is 2. The third-order valence-corrected chi connectivity index (χ3v) is 4.79. The van der Waals surface area contributed by atoms with E-state index in [1.807, 2.05) is 0 Å². The van der Waals surface area contributed by atoms with Gasteiger partial charge in [0, 0.05) is 39.5 Å². The normalized spacial score (nSPS) is 15.0. The molecule has 0 spiro atoms. The number of ether oxygens (including phenoxy) is 3. The molecule has 1 atom stereocenters. The second kappa shape index (κ2) is 12.3. The summed E-state index contributed by atoms with van der Waals surface area (Å²) in [6, 6.07) is 3.63. The molecule has 31 heavy (non-hydrogen) atoms. The molecule has 1 aromatic carbocycles. The van der Waals surface area contributed by atoms with E-state index in [2.05, 4.69) is 22.7 Å². The number of esters is 3. The number of alkyl halides is 1. The van der Waals surface area contributed by atoms with Gasteiger partial charge in [0.25, 0.3) is 5.91 Å². The summed E-state index contributed by atoms with van der Waals surface area (Å²) in [5, 5.41) is 2.74. The van der Waals surface area contributed by atoms with Gasteiger partial charge in [0.1, 0.15) is 6.04 Å². The van der Waals surface area contributed by atoms with Gasteiger partial charge < -0.3 is 25.3 Å². The minimum absolute atomic E-state index is 0.0459. The van der Waals surface area contributed by atoms with Crippen LogP contribution in [0.4, 0.5) is 0 Å². The van der Waals surface area contributed by atoms with Crippen LogP contribution in [0.2, 0.25) is 0 Å². The lowest BCUT2D eigenvalue weighted by atomic mass is 9.96. The van der Waals surface area contributed by atoms with Crippen LogP contribution in [0, 0.1) is 0 Å². The maximum absolute atomic E-state index is 12.7. The van der Waals surface area contributed by atoms with E-state index in [0.29, 0.717) is 18.4 Å². The Hall–Kier alpha value is -2.65. The third kappa shape index (κ3) is 7.84. The molecule has 172 valence electrons. The van der Waals surface area contributed by atoms with Crippen molar-refractivity contribution in [3.8, 4) is 11.5 Å². The zero-order valence-electron chi connectivity index (χ0n) is 18.3. The molecular formula is C21H30ClN2O7+. The number of benzene rings is 1. The number of carbonyl (C=O) groups excluding carboxylic acids is 4. The molecule has 0 radical (unpaired) electrons. The van der Waals surface area contributed by atoms with Crippen LogP contribution >= 0.6 is 11.6 Å². The average molecular weight is 458 g/mol. The highest BCUT2D eigenvalue weighted by atomic mass is 35.5. The van der Waals surface area contributed by atoms with Crippen molar-refractivity contribution in [1.29, 1.82) is 0 Å². The fourth-order valence-electron chi connectivity index (χ4n) is 3.31. The highest BCUT2D eigenvalue weighted by Gasteiger charge is 2.42. The standard InChI is InChI=1S/C20H26N2O7.CH3Cl/c1-12(23)28-16-7-6-14(11-17(16)29-13(2)24)10-15(18(25)27-3)22-19(26)20(21)8-4-5-9-20;1-2/h6-7,11,15H,4-5,8-10,21H2,1-3H3,(H,22,26);1H3/p+1. The largest absolute Gasteiger partial charge is 0.467 e. The van der Waals surface area contributed by atoms with Gasteiger partial charge in [-0.1, -0.05) is 6.07 Å². The monoisotopic (exact) mass is 457 g/mol. The third-order valence-electron chi connectivity index (χ3n) is 4.79. The van der Waals surface area contributed by atoms with Crippen LogP contribution in [-0.2, 0) is 30.3 Å². The van der Waals surface area contributed by atoms with Crippen molar-refractivity contribution in [1.82, 2.24) is 5.32 Å². The molecule has 1 aliphatic rings. The fraction of sp³-hybridized carbons (Fsp3) is 0.524. The Morgan fingerprint density at radius 2 is 1.61 bits per heavy atom. The second-order valence-corrected chi connectivity index (χ2v) is 7.21. The van der Waals surface area contributed by atoms with E-state index in [-0.39, 0.29) is 23.8 Å². The molecule has 4 N–H and O–H groups in total. The van der Waals surface area contributed by atoms with E-state index < -0.39 is 29.5 Å². The summed E-state index contributed by atoms with van der Waals surface area (Å²) in [6.45, 7) is 2.45. The number of methoxy groups -OCH3 is 1. The molecule has 1 fully saturated rings. The van der Waals surface area contributed by atoms with Crippen LogP contribution in [-0.4, -0.2) is 48.9 Å². The molecule has 0 heterocycles. The molecule has 10 heteroatoms. The number of quaternary nitrogens is 1. The lowest BCUT2D eigenvalue weighted by Crippen LogP contribution is -2.78. The van der Waals surface area contributed by atoms with E-state index in [4.69, 9.17) is 14.2 Å². The summed E-state index contributed by atoms with van der Waals surface area (Å²) in [7, 11) is 1.24. The Labute approximate surface area is 186 Å². The molecule has 1 saturated carbocycles. The highest BCUT2D eigenvalue weighted by Crippen LogP contribution is 2.30. The van der Waals surface area contributed by atoms with E-state index in [1.165, 1.54) is 39.5 Å². The van der Waals surface area contributed by atoms with Crippen LogP contribution in [0.3, 0.4) is 0 Å². The summed E-state index contributed by atoms with van der Waals surface area (Å²) < 4.78 is 15.0. The van der Waals surface area contributed by atoms with Crippen LogP contribution in [0.15, 0.2) is 18.2 Å². The van der Waals surface area contributed by atoms with Crippen molar-refractivity contribution in [3.63, 3.8) is 0 Å². The average Bonchev–Trinajstić information content (AvgIpc) is 3.17. The number of rotatable bonds is 7. The van der Waals surface area contributed by atoms with Gasteiger partial charge >= 0.3 is 17.9 Å². The number of halogens is 1. The molecular weight excluding hydrogens is 428 g/mol. The number of hydrogen-bond acceptors (Lipinski definition) is 7. The van der Waals surface area contributed by atoms with Gasteiger partial charge in [-0.2, -0.15) is 0 Å². The van der Waals surface area contributed by atoms with Crippen LogP contribution in [0.5, 0.6) is 11.5 Å². The van der Waals surface area contributed by atoms with Crippen LogP contribution < -0.4 is 20.5 Å². The van der Waals surface area contributed by atoms with E-state index in [0.717, 1.165) is 12.8 Å². The van der Waals surface area contributed by atoms with Crippen LogP contribution in [0.1, 0.15) is 45.1 Å². The van der Waals surface area contributed by atoms with Gasteiger partial charge in [-0.15, -0.1) is 11.6 Å². The topological polar surface area (TPSA) is 136 Å². The first-order valence-corrected chi connectivity index (χ1v) is 10.5. The van der Waals surface area contributed by atoms with Crippen molar-refractivity contribution >= 4 is 35.4 Å². The fourth-order valence-corrected chi connectivity index (χ4v) is 3.31. The minimum Gasteiger partial charge on any atom is -0.467 e. The Morgan fingerprint density at radius 3 is 2.13 bits per heavy atom. The molecule has 9 nitrogen and oxygen atoms in total. The number of carbonyl (C=O) groups is 4. The molecule has 2 rings (SSSR count). The van der Waals surface area contributed by atoms with Crippen molar-refractivity contribution in [3.05, 3.63) is 23.8 Å². The zero-order chi connectivity index (χ0) is 23.6. The molecule has 1 aliphatic carbocycles. The summed E-state index contributed by atoms with van der Waals surface area (Å²) in [5.41, 5.74) is 3.87. The minimum atomic E-state index is -0.934. The van der Waals surface area contributed by atoms with E-state index in [9.17, 15) is 19.2 Å². The Kier molecular flexibility index (Phi) is 10.4. The number of amides is 1. The zero-order valence-corrected chi connectivity index (χ0v) is 19.0. The first kappa shape index (κ1) is 26.4. The lowest BCUT2D eigenvalue weighted by molar-refractivity contribution is -0.456. The van der Waals surface area contributed by atoms with Gasteiger partial charge in [0.15, 0.2) is 17.0 Å². The molecule has 1 amide bonds. The molecule has 0 aliphatic heterocycles. The quantitative estimate of drug-likeness (QED) is 0.356. The first-order chi connectivity index (χ1) is 14.6. The summed E-state index contributed by atoms with van der Waals surface area (Å²) in [6.07, 6.45) is 4.75. The highest BCUT2D eigenvalue weighted by molar-refractivity contribution is 6.15. The summed E-state index contributed by atoms with van der Waals surface area (Å²) >= 11 is 4.64. The van der Waals surface area contributed by atoms with Gasteiger partial charge in [-0.3, -0.25) is 14.4 Å².